The van der Waals surface area contributed by atoms with E-state index < -0.39 is 6.29 Å². The summed E-state index contributed by atoms with van der Waals surface area (Å²) in [6.07, 6.45) is 0.405. The molecule has 0 radical (unpaired) electrons. The van der Waals surface area contributed by atoms with E-state index in [1.807, 2.05) is 0 Å². The fraction of sp³-hybridized carbons (Fsp3) is 0.267. The molecule has 0 amide bonds. The van der Waals surface area contributed by atoms with Gasteiger partial charge in [0.15, 0.2) is 11.5 Å². The first kappa shape index (κ1) is 12.6. The fourth-order valence-electron chi connectivity index (χ4n) is 2.43. The third kappa shape index (κ3) is 2.22. The van der Waals surface area contributed by atoms with Crippen LogP contribution in [0.3, 0.4) is 0 Å². The highest BCUT2D eigenvalue weighted by atomic mass is 19.1. The lowest BCUT2D eigenvalue weighted by molar-refractivity contribution is -0.191. The Kier molecular flexibility index (Phi) is 2.98. The van der Waals surface area contributed by atoms with Crippen LogP contribution in [0.15, 0.2) is 34.7 Å². The van der Waals surface area contributed by atoms with Crippen LogP contribution in [0.4, 0.5) is 4.39 Å². The summed E-state index contributed by atoms with van der Waals surface area (Å²) in [5.74, 6) is 0.841. The number of ether oxygens (including phenoxy) is 2. The van der Waals surface area contributed by atoms with Crippen molar-refractivity contribution in [3.63, 3.8) is 0 Å². The summed E-state index contributed by atoms with van der Waals surface area (Å²) in [5, 5.41) is 7.74. The lowest BCUT2D eigenvalue weighted by Gasteiger charge is -2.21. The van der Waals surface area contributed by atoms with Gasteiger partial charge in [0.2, 0.25) is 6.29 Å². The molecule has 1 fully saturated rings. The maximum atomic E-state index is 13.4. The van der Waals surface area contributed by atoms with Crippen LogP contribution in [0.25, 0.3) is 22.4 Å². The molecule has 0 unspecified atom stereocenters. The van der Waals surface area contributed by atoms with Crippen LogP contribution in [-0.4, -0.2) is 23.4 Å². The van der Waals surface area contributed by atoms with Gasteiger partial charge in [-0.1, -0.05) is 0 Å². The first-order chi connectivity index (χ1) is 10.3. The molecule has 5 nitrogen and oxygen atoms in total. The predicted octanol–water partition coefficient (Wildman–Crippen LogP) is 3.40. The van der Waals surface area contributed by atoms with Gasteiger partial charge in [-0.2, -0.15) is 5.10 Å². The Bertz CT molecular complexity index is 774. The van der Waals surface area contributed by atoms with Crippen molar-refractivity contribution in [3.05, 3.63) is 41.9 Å². The van der Waals surface area contributed by atoms with Gasteiger partial charge in [-0.3, -0.25) is 5.10 Å². The van der Waals surface area contributed by atoms with Crippen LogP contribution in [0.2, 0.25) is 0 Å². The Morgan fingerprint density at radius 1 is 1.14 bits per heavy atom. The number of hydrogen-bond acceptors (Lipinski definition) is 4. The molecule has 3 heterocycles. The van der Waals surface area contributed by atoms with E-state index in [2.05, 4.69) is 10.2 Å². The third-order valence-electron chi connectivity index (χ3n) is 3.44. The zero-order chi connectivity index (χ0) is 14.2. The minimum Gasteiger partial charge on any atom is -0.454 e. The molecular weight excluding hydrogens is 275 g/mol. The summed E-state index contributed by atoms with van der Waals surface area (Å²) >= 11 is 0. The number of fused-ring (bicyclic) bond motifs is 1. The molecule has 0 saturated carbocycles. The molecule has 21 heavy (non-hydrogen) atoms. The smallest absolute Gasteiger partial charge is 0.217 e. The van der Waals surface area contributed by atoms with Crippen LogP contribution in [0.1, 0.15) is 18.5 Å². The number of aromatic amines is 1. The van der Waals surface area contributed by atoms with Crippen molar-refractivity contribution >= 4 is 10.9 Å². The second kappa shape index (κ2) is 4.98. The van der Waals surface area contributed by atoms with Crippen molar-refractivity contribution in [1.29, 1.82) is 0 Å². The van der Waals surface area contributed by atoms with Gasteiger partial charge in [-0.25, -0.2) is 4.39 Å². The summed E-state index contributed by atoms with van der Waals surface area (Å²) in [5.41, 5.74) is 1.33. The highest BCUT2D eigenvalue weighted by molar-refractivity contribution is 5.91. The molecule has 0 bridgehead atoms. The van der Waals surface area contributed by atoms with Crippen molar-refractivity contribution in [1.82, 2.24) is 10.2 Å². The number of halogens is 1. The van der Waals surface area contributed by atoms with E-state index in [4.69, 9.17) is 13.9 Å². The van der Waals surface area contributed by atoms with Gasteiger partial charge in [0.05, 0.1) is 18.7 Å². The molecular formula is C15H13FN2O3. The second-order valence-electron chi connectivity index (χ2n) is 4.89. The maximum Gasteiger partial charge on any atom is 0.217 e. The Balaban J connectivity index is 1.72. The lowest BCUT2D eigenvalue weighted by Crippen LogP contribution is -2.17. The van der Waals surface area contributed by atoms with Crippen molar-refractivity contribution in [2.75, 3.05) is 13.2 Å². The standard InChI is InChI=1S/C15H13FN2O3/c16-9-2-3-11-10(8-9)14(18-17-11)12-4-5-13(21-12)15-19-6-1-7-20-15/h2-5,8,15H,1,6-7H2,(H,17,18). The second-order valence-corrected chi connectivity index (χ2v) is 4.89. The van der Waals surface area contributed by atoms with E-state index in [0.717, 1.165) is 11.9 Å². The maximum absolute atomic E-state index is 13.4. The normalized spacial score (nSPS) is 16.6. The average Bonchev–Trinajstić information content (AvgIpc) is 3.14. The molecule has 0 aliphatic carbocycles. The summed E-state index contributed by atoms with van der Waals surface area (Å²) in [7, 11) is 0. The minimum absolute atomic E-state index is 0.309. The summed E-state index contributed by atoms with van der Waals surface area (Å²) in [6.45, 7) is 1.30. The van der Waals surface area contributed by atoms with E-state index in [9.17, 15) is 4.39 Å². The molecule has 1 aromatic carbocycles. The number of aromatic nitrogens is 2. The van der Waals surface area contributed by atoms with Gasteiger partial charge in [-0.05, 0) is 36.8 Å². The van der Waals surface area contributed by atoms with Crippen LogP contribution < -0.4 is 0 Å². The average molecular weight is 288 g/mol. The molecule has 108 valence electrons. The Labute approximate surface area is 119 Å². The van der Waals surface area contributed by atoms with Crippen LogP contribution in [0.5, 0.6) is 0 Å². The zero-order valence-corrected chi connectivity index (χ0v) is 11.1. The minimum atomic E-state index is -0.477. The highest BCUT2D eigenvalue weighted by Gasteiger charge is 2.21. The number of rotatable bonds is 2. The quantitative estimate of drug-likeness (QED) is 0.785. The van der Waals surface area contributed by atoms with Gasteiger partial charge in [0.25, 0.3) is 0 Å². The number of furan rings is 1. The van der Waals surface area contributed by atoms with Crippen molar-refractivity contribution < 1.29 is 18.3 Å². The third-order valence-corrected chi connectivity index (χ3v) is 3.44. The topological polar surface area (TPSA) is 60.3 Å². The SMILES string of the molecule is Fc1ccc2[nH]nc(-c3ccc(C4OCCCO4)o3)c2c1. The van der Waals surface area contributed by atoms with Gasteiger partial charge in [0.1, 0.15) is 11.5 Å². The summed E-state index contributed by atoms with van der Waals surface area (Å²) < 4.78 is 30.1. The summed E-state index contributed by atoms with van der Waals surface area (Å²) in [4.78, 5) is 0. The largest absolute Gasteiger partial charge is 0.454 e. The van der Waals surface area contributed by atoms with Gasteiger partial charge in [0, 0.05) is 5.39 Å². The van der Waals surface area contributed by atoms with Crippen molar-refractivity contribution in [2.45, 2.75) is 12.7 Å². The molecule has 3 aromatic rings. The molecule has 1 saturated heterocycles. The molecule has 1 aliphatic heterocycles. The monoisotopic (exact) mass is 288 g/mol. The number of H-pyrrole nitrogens is 1. The van der Waals surface area contributed by atoms with Crippen LogP contribution >= 0.6 is 0 Å². The highest BCUT2D eigenvalue weighted by Crippen LogP contribution is 2.32. The van der Waals surface area contributed by atoms with Gasteiger partial charge in [-0.15, -0.1) is 0 Å². The Morgan fingerprint density at radius 2 is 2.00 bits per heavy atom. The van der Waals surface area contributed by atoms with Crippen molar-refractivity contribution in [3.8, 4) is 11.5 Å². The molecule has 6 heteroatoms. The number of hydrogen-bond donors (Lipinski definition) is 1. The zero-order valence-electron chi connectivity index (χ0n) is 11.1. The molecule has 2 aromatic heterocycles. The molecule has 0 spiro atoms. The molecule has 4 rings (SSSR count). The Morgan fingerprint density at radius 3 is 2.86 bits per heavy atom. The van der Waals surface area contributed by atoms with E-state index in [1.165, 1.54) is 12.1 Å². The molecule has 0 atom stereocenters. The van der Waals surface area contributed by atoms with Crippen LogP contribution in [0, 0.1) is 5.82 Å². The fourth-order valence-corrected chi connectivity index (χ4v) is 2.43. The molecule has 1 N–H and O–H groups in total. The van der Waals surface area contributed by atoms with E-state index in [-0.39, 0.29) is 5.82 Å². The van der Waals surface area contributed by atoms with Gasteiger partial charge < -0.3 is 13.9 Å². The number of nitrogens with one attached hydrogen (secondary N) is 1. The Hall–Kier alpha value is -2.18. The first-order valence-corrected chi connectivity index (χ1v) is 6.78. The van der Waals surface area contributed by atoms with Gasteiger partial charge >= 0.3 is 0 Å². The number of nitrogens with zero attached hydrogens (tertiary/aromatic N) is 1. The van der Waals surface area contributed by atoms with Crippen LogP contribution in [-0.2, 0) is 9.47 Å². The van der Waals surface area contributed by atoms with E-state index >= 15 is 0 Å². The predicted molar refractivity (Wildman–Crippen MR) is 73.0 cm³/mol. The van der Waals surface area contributed by atoms with E-state index in [1.54, 1.807) is 18.2 Å². The van der Waals surface area contributed by atoms with Crippen molar-refractivity contribution in [2.24, 2.45) is 0 Å². The first-order valence-electron chi connectivity index (χ1n) is 6.78. The van der Waals surface area contributed by atoms with E-state index in [0.29, 0.717) is 35.8 Å². The lowest BCUT2D eigenvalue weighted by atomic mass is 10.2. The summed E-state index contributed by atoms with van der Waals surface area (Å²) in [6, 6.07) is 8.06. The number of benzene rings is 1. The molecule has 1 aliphatic rings.